The lowest BCUT2D eigenvalue weighted by molar-refractivity contribution is 0.417. The maximum Gasteiger partial charge on any atom is 0.127 e. The fourth-order valence-electron chi connectivity index (χ4n) is 4.23. The molecule has 0 amide bonds. The third-order valence-electron chi connectivity index (χ3n) is 5.70. The van der Waals surface area contributed by atoms with Gasteiger partial charge in [-0.25, -0.2) is 4.98 Å². The summed E-state index contributed by atoms with van der Waals surface area (Å²) in [6.07, 6.45) is 5.68. The van der Waals surface area contributed by atoms with Crippen molar-refractivity contribution in [3.8, 4) is 16.9 Å². The molecule has 0 unspecified atom stereocenters. The lowest BCUT2D eigenvalue weighted by Gasteiger charge is -2.18. The predicted molar refractivity (Wildman–Crippen MR) is 119 cm³/mol. The van der Waals surface area contributed by atoms with Crippen LogP contribution in [0, 0.1) is 6.92 Å². The molecule has 0 spiro atoms. The number of aromatic nitrogens is 5. The van der Waals surface area contributed by atoms with E-state index in [1.807, 2.05) is 38.6 Å². The predicted octanol–water partition coefficient (Wildman–Crippen LogP) is 4.91. The van der Waals surface area contributed by atoms with Gasteiger partial charge >= 0.3 is 0 Å². The number of fused-ring (bicyclic) bond motifs is 3. The molecule has 0 aliphatic rings. The topological polar surface area (TPSA) is 57.8 Å². The zero-order valence-electron chi connectivity index (χ0n) is 17.5. The van der Waals surface area contributed by atoms with Gasteiger partial charge in [0.15, 0.2) is 0 Å². The molecule has 5 aromatic rings. The van der Waals surface area contributed by atoms with Crippen molar-refractivity contribution in [2.24, 2.45) is 7.05 Å². The van der Waals surface area contributed by atoms with Crippen molar-refractivity contribution in [3.63, 3.8) is 0 Å². The van der Waals surface area contributed by atoms with Crippen molar-refractivity contribution in [1.82, 2.24) is 24.3 Å². The molecule has 30 heavy (non-hydrogen) atoms. The Kier molecular flexibility index (Phi) is 4.28. The highest BCUT2D eigenvalue weighted by Crippen LogP contribution is 2.37. The number of hydrogen-bond donors (Lipinski definition) is 0. The summed E-state index contributed by atoms with van der Waals surface area (Å²) in [7, 11) is 3.61. The first kappa shape index (κ1) is 18.4. The van der Waals surface area contributed by atoms with Crippen molar-refractivity contribution >= 4 is 21.9 Å². The van der Waals surface area contributed by atoms with E-state index in [1.54, 1.807) is 11.8 Å². The highest BCUT2D eigenvalue weighted by atomic mass is 16.5. The fourth-order valence-corrected chi connectivity index (χ4v) is 4.23. The summed E-state index contributed by atoms with van der Waals surface area (Å²) in [5.74, 6) is 1.76. The van der Waals surface area contributed by atoms with Crippen molar-refractivity contribution in [1.29, 1.82) is 0 Å². The van der Waals surface area contributed by atoms with Gasteiger partial charge in [-0.05, 0) is 31.5 Å². The Labute approximate surface area is 174 Å². The molecule has 0 N–H and O–H groups in total. The zero-order chi connectivity index (χ0) is 20.8. The Hall–Kier alpha value is -3.67. The average molecular weight is 397 g/mol. The number of ether oxygens (including phenoxy) is 1. The second-order valence-electron chi connectivity index (χ2n) is 7.58. The van der Waals surface area contributed by atoms with Crippen molar-refractivity contribution < 1.29 is 4.74 Å². The summed E-state index contributed by atoms with van der Waals surface area (Å²) in [6.45, 7) is 4.25. The summed E-state index contributed by atoms with van der Waals surface area (Å²) in [4.78, 5) is 9.50. The molecule has 0 fully saturated rings. The van der Waals surface area contributed by atoms with Crippen molar-refractivity contribution in [3.05, 3.63) is 72.4 Å². The van der Waals surface area contributed by atoms with Crippen LogP contribution in [0.15, 0.2) is 61.1 Å². The van der Waals surface area contributed by atoms with Crippen molar-refractivity contribution in [2.45, 2.75) is 19.9 Å². The van der Waals surface area contributed by atoms with Crippen LogP contribution < -0.4 is 4.74 Å². The highest BCUT2D eigenvalue weighted by molar-refractivity contribution is 6.05. The van der Waals surface area contributed by atoms with Gasteiger partial charge in [-0.1, -0.05) is 30.3 Å². The van der Waals surface area contributed by atoms with E-state index in [4.69, 9.17) is 14.7 Å². The van der Waals surface area contributed by atoms with Crippen LogP contribution in [0.4, 0.5) is 0 Å². The molecule has 0 bridgehead atoms. The van der Waals surface area contributed by atoms with Crippen LogP contribution in [-0.2, 0) is 7.05 Å². The third kappa shape index (κ3) is 2.84. The molecular formula is C24H23N5O. The summed E-state index contributed by atoms with van der Waals surface area (Å²) in [6, 6.07) is 14.8. The maximum absolute atomic E-state index is 5.76. The molecule has 3 aromatic heterocycles. The molecule has 0 aliphatic heterocycles. The molecule has 3 heterocycles. The molecule has 150 valence electrons. The number of pyridine rings is 1. The fraction of sp³-hybridized carbons (Fsp3) is 0.208. The van der Waals surface area contributed by atoms with Crippen LogP contribution in [0.3, 0.4) is 0 Å². The zero-order valence-corrected chi connectivity index (χ0v) is 17.5. The molecular weight excluding hydrogens is 374 g/mol. The Morgan fingerprint density at radius 2 is 1.83 bits per heavy atom. The average Bonchev–Trinajstić information content (AvgIpc) is 3.35. The summed E-state index contributed by atoms with van der Waals surface area (Å²) >= 11 is 0. The Bertz CT molecular complexity index is 1370. The minimum absolute atomic E-state index is 0.144. The lowest BCUT2D eigenvalue weighted by atomic mass is 10.0. The van der Waals surface area contributed by atoms with Gasteiger partial charge in [0, 0.05) is 29.8 Å². The van der Waals surface area contributed by atoms with E-state index >= 15 is 0 Å². The molecule has 0 saturated heterocycles. The van der Waals surface area contributed by atoms with E-state index in [-0.39, 0.29) is 6.04 Å². The smallest absolute Gasteiger partial charge is 0.127 e. The third-order valence-corrected chi connectivity index (χ3v) is 5.70. The van der Waals surface area contributed by atoms with Gasteiger partial charge in [-0.15, -0.1) is 0 Å². The number of imidazole rings is 1. The van der Waals surface area contributed by atoms with Gasteiger partial charge in [0.05, 0.1) is 36.6 Å². The van der Waals surface area contributed by atoms with Crippen LogP contribution in [0.5, 0.6) is 5.75 Å². The van der Waals surface area contributed by atoms with Crippen LogP contribution >= 0.6 is 0 Å². The quantitative estimate of drug-likeness (QED) is 0.432. The first-order valence-electron chi connectivity index (χ1n) is 9.96. The molecule has 6 nitrogen and oxygen atoms in total. The van der Waals surface area contributed by atoms with E-state index in [0.29, 0.717) is 0 Å². The SMILES string of the molecule is COc1cc2c(cc1-c1cnn(C)c1)ncc1nc(C)n([C@@H](C)c3ccccc3)c12. The van der Waals surface area contributed by atoms with Gasteiger partial charge in [-0.2, -0.15) is 5.10 Å². The minimum Gasteiger partial charge on any atom is -0.496 e. The highest BCUT2D eigenvalue weighted by Gasteiger charge is 2.19. The monoisotopic (exact) mass is 397 g/mol. The Morgan fingerprint density at radius 3 is 2.53 bits per heavy atom. The van der Waals surface area contributed by atoms with Crippen molar-refractivity contribution in [2.75, 3.05) is 7.11 Å². The van der Waals surface area contributed by atoms with Gasteiger partial charge < -0.3 is 9.30 Å². The number of hydrogen-bond acceptors (Lipinski definition) is 4. The van der Waals surface area contributed by atoms with Crippen LogP contribution in [0.25, 0.3) is 33.1 Å². The van der Waals surface area contributed by atoms with E-state index in [1.165, 1.54) is 5.56 Å². The molecule has 5 rings (SSSR count). The van der Waals surface area contributed by atoms with E-state index in [2.05, 4.69) is 53.0 Å². The first-order valence-corrected chi connectivity index (χ1v) is 9.96. The molecule has 6 heteroatoms. The summed E-state index contributed by atoms with van der Waals surface area (Å²) in [5.41, 5.74) is 6.08. The number of benzene rings is 2. The van der Waals surface area contributed by atoms with Crippen LogP contribution in [0.2, 0.25) is 0 Å². The standard InChI is InChI=1S/C24H23N5O/c1-15(17-8-6-5-7-9-17)29-16(2)27-22-13-25-21-10-19(18-12-26-28(3)14-18)23(30-4)11-20(21)24(22)29/h5-15H,1-4H3/t15-/m0/s1. The maximum atomic E-state index is 5.76. The molecule has 2 aromatic carbocycles. The molecule has 0 saturated carbocycles. The van der Waals surface area contributed by atoms with Crippen LogP contribution in [0.1, 0.15) is 24.4 Å². The first-order chi connectivity index (χ1) is 14.6. The molecule has 1 atom stereocenters. The van der Waals surface area contributed by atoms with Gasteiger partial charge in [0.2, 0.25) is 0 Å². The largest absolute Gasteiger partial charge is 0.496 e. The van der Waals surface area contributed by atoms with E-state index in [9.17, 15) is 0 Å². The number of aryl methyl sites for hydroxylation is 2. The van der Waals surface area contributed by atoms with E-state index in [0.717, 1.165) is 44.6 Å². The minimum atomic E-state index is 0.144. The van der Waals surface area contributed by atoms with E-state index < -0.39 is 0 Å². The molecule has 0 radical (unpaired) electrons. The van der Waals surface area contributed by atoms with Crippen LogP contribution in [-0.4, -0.2) is 31.4 Å². The lowest BCUT2D eigenvalue weighted by Crippen LogP contribution is -2.08. The normalized spacial score (nSPS) is 12.5. The second kappa shape index (κ2) is 6.99. The summed E-state index contributed by atoms with van der Waals surface area (Å²) in [5, 5.41) is 5.33. The number of methoxy groups -OCH3 is 1. The number of nitrogens with zero attached hydrogens (tertiary/aromatic N) is 5. The van der Waals surface area contributed by atoms with Gasteiger partial charge in [0.25, 0.3) is 0 Å². The van der Waals surface area contributed by atoms with Gasteiger partial charge in [0.1, 0.15) is 17.1 Å². The number of rotatable bonds is 4. The second-order valence-corrected chi connectivity index (χ2v) is 7.58. The molecule has 0 aliphatic carbocycles. The summed E-state index contributed by atoms with van der Waals surface area (Å²) < 4.78 is 9.84. The Balaban J connectivity index is 1.79. The van der Waals surface area contributed by atoms with Gasteiger partial charge in [-0.3, -0.25) is 9.67 Å². The Morgan fingerprint density at radius 1 is 1.03 bits per heavy atom.